The molecule has 0 bridgehead atoms. The minimum atomic E-state index is 3.12. The second-order valence-electron chi connectivity index (χ2n) is 7.48. The monoisotopic (exact) mass is 1800 g/mol. The van der Waals surface area contributed by atoms with Crippen LogP contribution in [0.4, 0.5) is 0 Å². The Labute approximate surface area is 570 Å². The fourth-order valence-corrected chi connectivity index (χ4v) is 1.22. The molecule has 2 N–H and O–H groups in total. The lowest BCUT2D eigenvalue weighted by Gasteiger charge is -2.00. The van der Waals surface area contributed by atoms with E-state index in [1.165, 1.54) is 0 Å². The molecule has 674 valence electrons. The van der Waals surface area contributed by atoms with Gasteiger partial charge in [0.25, 0.3) is 2.86 Å². The number of rotatable bonds is 111. The van der Waals surface area contributed by atoms with Gasteiger partial charge >= 0.3 is 0 Å². The summed E-state index contributed by atoms with van der Waals surface area (Å²) in [6.45, 7) is 0. The quantitative estimate of drug-likeness (QED) is 0.0324. The van der Waals surface area contributed by atoms with E-state index in [0.29, 0.717) is 0 Å². The van der Waals surface area contributed by atoms with Gasteiger partial charge in [-0.25, -0.2) is 10.5 Å². The molecule has 0 saturated carbocycles. The van der Waals surface area contributed by atoms with E-state index >= 15 is 0 Å². The summed E-state index contributed by atoms with van der Waals surface area (Å²) in [5.41, 5.74) is 0. The third-order valence-corrected chi connectivity index (χ3v) is 3.03. The molecule has 0 aliphatic heterocycles. The molecule has 0 rings (SSSR count). The fourth-order valence-electron chi connectivity index (χ4n) is 1.22. The predicted octanol–water partition coefficient (Wildman–Crippen LogP) is -7.51. The van der Waals surface area contributed by atoms with E-state index in [1.807, 2.05) is 0 Å². The maximum absolute atomic E-state index is 5.95. The Kier molecular flexibility index (Phi) is 98.5. The van der Waals surface area contributed by atoms with Crippen LogP contribution < -0.4 is 0 Å². The zero-order chi connectivity index (χ0) is 81.2. The Morgan fingerprint density at radius 1 is 0.0625 bits per heavy atom. The average Bonchev–Trinajstić information content (AvgIpc) is 2.83. The Morgan fingerprint density at radius 3 is 0.134 bits per heavy atom. The minimum absolute atomic E-state index is 3.12. The first-order chi connectivity index (χ1) is 56.9. The third kappa shape index (κ3) is 106. The van der Waals surface area contributed by atoms with E-state index in [-0.39, 0.29) is 0 Å². The van der Waals surface area contributed by atoms with E-state index in [9.17, 15) is 0 Å². The highest BCUT2D eigenvalue weighted by Crippen LogP contribution is 2.04. The summed E-state index contributed by atoms with van der Waals surface area (Å²) in [6, 6.07) is 0. The van der Waals surface area contributed by atoms with Crippen LogP contribution in [0.3, 0.4) is 0 Å². The Hall–Kier alpha value is -4.48. The first-order valence-corrected chi connectivity index (χ1v) is 18.5. The average molecular weight is 1800 g/mol. The molecule has 112 nitrogen and oxygen atoms in total. The van der Waals surface area contributed by atoms with Crippen LogP contribution in [0.1, 0.15) is 0 Å². The van der Waals surface area contributed by atoms with Crippen LogP contribution in [0, 0.1) is 0 Å². The summed E-state index contributed by atoms with van der Waals surface area (Å²) < 4.78 is 11.9. The maximum atomic E-state index is 5.95. The van der Waals surface area contributed by atoms with Crippen molar-refractivity contribution in [2.24, 2.45) is 0 Å². The van der Waals surface area contributed by atoms with Gasteiger partial charge in [0.2, 0.25) is 0 Å². The molecule has 0 unspecified atom stereocenters. The Morgan fingerprint density at radius 2 is 0.0982 bits per heavy atom. The number of hydrogen-bond donors (Lipinski definition) is 2. The second kappa shape index (κ2) is 107. The Balaban J connectivity index is 3.10. The van der Waals surface area contributed by atoms with Crippen molar-refractivity contribution in [1.82, 2.24) is 0 Å². The lowest BCUT2D eigenvalue weighted by atomic mass is 14.0. The van der Waals surface area contributed by atoms with Crippen LogP contribution in [-0.4, -0.2) is 10.5 Å². The van der Waals surface area contributed by atoms with Crippen molar-refractivity contribution >= 4 is 0 Å². The van der Waals surface area contributed by atoms with Gasteiger partial charge in [-0.2, -0.15) is 0 Å². The Bertz CT molecular complexity index is 1390. The van der Waals surface area contributed by atoms with Gasteiger partial charge in [0.05, 0.1) is 0 Å². The maximum Gasteiger partial charge on any atom is 0.258 e. The largest absolute Gasteiger partial charge is 0.258 e. The molecule has 0 aromatic heterocycles. The molecule has 0 aromatic carbocycles. The van der Waals surface area contributed by atoms with Gasteiger partial charge in [0.15, 0.2) is 0 Å². The van der Waals surface area contributed by atoms with Crippen molar-refractivity contribution in [3.8, 4) is 0 Å². The number of hydrogen-bond acceptors (Lipinski definition) is 112. The predicted molar refractivity (Wildman–Crippen MR) is 125 cm³/mol. The summed E-state index contributed by atoms with van der Waals surface area (Å²) in [5.74, 6) is 0. The van der Waals surface area contributed by atoms with E-state index in [4.69, 9.17) is 2.86 Å². The van der Waals surface area contributed by atoms with Gasteiger partial charge in [-0.1, -0.05) is 0 Å². The smallest absolute Gasteiger partial charge is 0.219 e. The van der Waals surface area contributed by atoms with Crippen molar-refractivity contribution < 1.29 is 565 Å². The van der Waals surface area contributed by atoms with Gasteiger partial charge in [-0.3, -0.25) is 0 Å². The van der Waals surface area contributed by atoms with Crippen LogP contribution in [0.2, 0.25) is 0 Å². The standard InChI is InChI=1S/H2O112/c1-3-5-7-9-11-13-15-17-19-21-23-25-27-29-31-33-35-37-39-41-43-45-47-49-51-53-55-57-59-61-63-65-67-69-71-73-75-77-79-81-83-85-87-89-91-93-95-97-99-101-103-105-107-109-111-112-110-108-106-104-102-100-98-96-94-92-90-88-86-84-82-80-78-76-74-72-70-68-66-64-62-60-58-56-54-52-50-48-46-44-42-40-38-36-34-32-30-28-26-24-22-20-18-16-14-12-10-8-6-4-2/h1-2H/i/hD2. The molecular formula is H2O112. The van der Waals surface area contributed by atoms with Crippen molar-refractivity contribution in [1.29, 1.82) is 2.86 Å². The summed E-state index contributed by atoms with van der Waals surface area (Å²) in [5, 5.41) is 390. The van der Waals surface area contributed by atoms with Crippen molar-refractivity contribution in [3.63, 3.8) is 0 Å². The summed E-state index contributed by atoms with van der Waals surface area (Å²) in [7, 11) is 0. The molecule has 0 radical (unpaired) electrons. The van der Waals surface area contributed by atoms with Gasteiger partial charge in [0.1, 0.15) is 0 Å². The molecule has 0 aromatic rings. The van der Waals surface area contributed by atoms with Crippen LogP contribution in [0.15, 0.2) is 0 Å². The first kappa shape index (κ1) is 104. The van der Waals surface area contributed by atoms with Crippen molar-refractivity contribution in [2.75, 3.05) is 0 Å². The summed E-state index contributed by atoms with van der Waals surface area (Å²) >= 11 is 0. The van der Waals surface area contributed by atoms with E-state index in [0.717, 1.165) is 0 Å². The lowest BCUT2D eigenvalue weighted by molar-refractivity contribution is -0.913. The van der Waals surface area contributed by atoms with Gasteiger partial charge < -0.3 is 0 Å². The molecule has 112 heavy (non-hydrogen) atoms. The van der Waals surface area contributed by atoms with Crippen LogP contribution >= 0.6 is 0 Å². The van der Waals surface area contributed by atoms with Crippen LogP contribution in [-0.2, 0) is 554 Å². The molecule has 0 aliphatic rings. The van der Waals surface area contributed by atoms with Crippen LogP contribution in [0.5, 0.6) is 0 Å². The third-order valence-electron chi connectivity index (χ3n) is 3.03. The van der Waals surface area contributed by atoms with Crippen molar-refractivity contribution in [2.45, 2.75) is 0 Å². The topological polar surface area (TPSA) is 1060 Å². The second-order valence-corrected chi connectivity index (χ2v) is 7.48. The first-order valence-electron chi connectivity index (χ1n) is 19.3. The van der Waals surface area contributed by atoms with Gasteiger partial charge in [0, 0.05) is 474 Å². The molecular weight excluding hydrogens is 1790 g/mol. The van der Waals surface area contributed by atoms with Gasteiger partial charge in [-0.15, -0.1) is 0 Å². The minimum Gasteiger partial charge on any atom is -0.219 e. The molecule has 0 atom stereocenters. The highest BCUT2D eigenvalue weighted by atomic mass is 18.1. The van der Waals surface area contributed by atoms with E-state index in [2.05, 4.69) is 565 Å². The van der Waals surface area contributed by atoms with Crippen molar-refractivity contribution in [3.05, 3.63) is 0 Å². The van der Waals surface area contributed by atoms with E-state index in [1.54, 1.807) is 0 Å². The molecule has 112 heteroatoms. The van der Waals surface area contributed by atoms with Crippen LogP contribution in [0.25, 0.3) is 2.86 Å². The molecule has 0 saturated heterocycles. The highest BCUT2D eigenvalue weighted by Gasteiger charge is 2.10. The fraction of sp³-hybridized carbons (Fsp3) is 0. The molecule has 0 fully saturated rings. The zero-order valence-corrected chi connectivity index (χ0v) is 45.7. The van der Waals surface area contributed by atoms with E-state index < -0.39 is 0 Å². The molecule has 0 spiro atoms. The normalized spacial score (nSPS) is 12.1. The molecule has 0 aliphatic carbocycles. The van der Waals surface area contributed by atoms with Gasteiger partial charge in [-0.05, 0) is 80.6 Å². The summed E-state index contributed by atoms with van der Waals surface area (Å²) in [4.78, 5) is 0. The molecule has 0 amide bonds. The summed E-state index contributed by atoms with van der Waals surface area (Å²) in [6.07, 6.45) is 0. The lowest BCUT2D eigenvalue weighted by Crippen LogP contribution is -2.07. The molecule has 0 heterocycles. The highest BCUT2D eigenvalue weighted by molar-refractivity contribution is 3.19. The zero-order valence-electron chi connectivity index (χ0n) is 47.7. The SMILES string of the molecule is [2H]OOOOOOOOOOOOOOOOOOOOOOOOOOOOOOOOOOOOOOOOOOOOOOOOOOOOOOOOOOOOOOOOOOOOOOOOOOOOOOOOOOOOOOOOOOOOOOOOOOOOOOOOOOOOOOOO[2H].